The number of halogens is 1. The van der Waals surface area contributed by atoms with Gasteiger partial charge < -0.3 is 9.64 Å². The van der Waals surface area contributed by atoms with Crippen LogP contribution in [0.15, 0.2) is 18.2 Å². The summed E-state index contributed by atoms with van der Waals surface area (Å²) in [5, 5.41) is 0. The molecule has 0 saturated carbocycles. The highest BCUT2D eigenvalue weighted by Crippen LogP contribution is 2.16. The number of carbonyl (C=O) groups excluding carboxylic acids is 2. The Balaban J connectivity index is 2.49. The van der Waals surface area contributed by atoms with Gasteiger partial charge in [0.05, 0.1) is 14.2 Å². The van der Waals surface area contributed by atoms with E-state index in [1.54, 1.807) is 19.2 Å². The molecule has 1 aromatic rings. The van der Waals surface area contributed by atoms with Crippen LogP contribution in [0.25, 0.3) is 0 Å². The minimum absolute atomic E-state index is 0.161. The minimum atomic E-state index is -0.430. The number of amides is 2. The third-order valence-electron chi connectivity index (χ3n) is 2.56. The number of quaternary nitrogens is 1. The molecular formula is C13H19FN3O3+. The van der Waals surface area contributed by atoms with E-state index in [-0.39, 0.29) is 24.1 Å². The molecule has 1 aromatic carbocycles. The zero-order valence-electron chi connectivity index (χ0n) is 11.7. The largest absolute Gasteiger partial charge is 0.494 e. The van der Waals surface area contributed by atoms with Gasteiger partial charge in [-0.3, -0.25) is 20.4 Å². The number of hydrogen-bond donors (Lipinski definition) is 3. The maximum atomic E-state index is 13.5. The van der Waals surface area contributed by atoms with E-state index in [0.29, 0.717) is 6.54 Å². The monoisotopic (exact) mass is 284 g/mol. The molecule has 1 unspecified atom stereocenters. The van der Waals surface area contributed by atoms with Crippen molar-refractivity contribution in [2.24, 2.45) is 0 Å². The fourth-order valence-corrected chi connectivity index (χ4v) is 1.71. The summed E-state index contributed by atoms with van der Waals surface area (Å²) in [5.41, 5.74) is 5.24. The summed E-state index contributed by atoms with van der Waals surface area (Å²) in [5.74, 6) is -0.893. The zero-order chi connectivity index (χ0) is 15.1. The predicted molar refractivity (Wildman–Crippen MR) is 70.4 cm³/mol. The Bertz CT molecular complexity index is 494. The Labute approximate surface area is 116 Å². The minimum Gasteiger partial charge on any atom is -0.494 e. The lowest BCUT2D eigenvalue weighted by Crippen LogP contribution is -3.09. The Hall–Kier alpha value is -2.15. The third-order valence-corrected chi connectivity index (χ3v) is 2.56. The van der Waals surface area contributed by atoms with Gasteiger partial charge in [0.25, 0.3) is 5.91 Å². The molecule has 0 aromatic heterocycles. The number of carbonyl (C=O) groups is 2. The Morgan fingerprint density at radius 1 is 1.35 bits per heavy atom. The second-order valence-corrected chi connectivity index (χ2v) is 4.51. The second kappa shape index (κ2) is 7.44. The quantitative estimate of drug-likeness (QED) is 0.608. The van der Waals surface area contributed by atoms with Gasteiger partial charge in [-0.1, -0.05) is 0 Å². The van der Waals surface area contributed by atoms with Crippen molar-refractivity contribution >= 4 is 11.8 Å². The topological polar surface area (TPSA) is 71.9 Å². The van der Waals surface area contributed by atoms with Crippen LogP contribution in [0.2, 0.25) is 0 Å². The van der Waals surface area contributed by atoms with E-state index in [2.05, 4.69) is 10.9 Å². The standard InChI is InChI=1S/C13H18FN3O3/c1-9(18)15-16-13(19)8-17(2)7-10-4-5-12(20-3)11(14)6-10/h4-6H,7-8H2,1-3H3,(H,15,18)(H,16,19)/p+1. The van der Waals surface area contributed by atoms with Crippen molar-refractivity contribution in [2.45, 2.75) is 13.5 Å². The Kier molecular flexibility index (Phi) is 5.92. The van der Waals surface area contributed by atoms with E-state index in [1.807, 2.05) is 0 Å². The number of hydrazine groups is 1. The van der Waals surface area contributed by atoms with Crippen molar-refractivity contribution in [2.75, 3.05) is 20.7 Å². The maximum Gasteiger partial charge on any atom is 0.293 e. The van der Waals surface area contributed by atoms with Crippen molar-refractivity contribution in [1.29, 1.82) is 0 Å². The van der Waals surface area contributed by atoms with E-state index >= 15 is 0 Å². The average molecular weight is 284 g/mol. The lowest BCUT2D eigenvalue weighted by molar-refractivity contribution is -0.885. The van der Waals surface area contributed by atoms with Crippen LogP contribution in [0, 0.1) is 5.82 Å². The first-order valence-corrected chi connectivity index (χ1v) is 6.11. The molecule has 0 aliphatic rings. The summed E-state index contributed by atoms with van der Waals surface area (Å²) in [6.45, 7) is 1.94. The third kappa shape index (κ3) is 5.23. The van der Waals surface area contributed by atoms with E-state index in [9.17, 15) is 14.0 Å². The van der Waals surface area contributed by atoms with Crippen LogP contribution in [0.5, 0.6) is 5.75 Å². The SMILES string of the molecule is COc1ccc(C[NH+](C)CC(=O)NNC(C)=O)cc1F. The van der Waals surface area contributed by atoms with Gasteiger partial charge in [0.1, 0.15) is 6.54 Å². The van der Waals surface area contributed by atoms with Gasteiger partial charge in [-0.05, 0) is 18.2 Å². The van der Waals surface area contributed by atoms with Crippen LogP contribution in [0.3, 0.4) is 0 Å². The number of methoxy groups -OCH3 is 1. The Morgan fingerprint density at radius 3 is 2.60 bits per heavy atom. The van der Waals surface area contributed by atoms with Crippen molar-refractivity contribution in [3.63, 3.8) is 0 Å². The summed E-state index contributed by atoms with van der Waals surface area (Å²) in [6.07, 6.45) is 0. The molecule has 20 heavy (non-hydrogen) atoms. The van der Waals surface area contributed by atoms with Gasteiger partial charge in [0, 0.05) is 12.5 Å². The van der Waals surface area contributed by atoms with E-state index < -0.39 is 5.82 Å². The molecule has 110 valence electrons. The van der Waals surface area contributed by atoms with Gasteiger partial charge in [-0.15, -0.1) is 0 Å². The molecule has 0 radical (unpaired) electrons. The van der Waals surface area contributed by atoms with Gasteiger partial charge in [0.15, 0.2) is 18.1 Å². The smallest absolute Gasteiger partial charge is 0.293 e. The number of ether oxygens (including phenoxy) is 1. The van der Waals surface area contributed by atoms with Crippen molar-refractivity contribution < 1.29 is 23.6 Å². The summed E-state index contributed by atoms with van der Waals surface area (Å²) >= 11 is 0. The molecule has 7 heteroatoms. The average Bonchev–Trinajstić information content (AvgIpc) is 2.36. The van der Waals surface area contributed by atoms with E-state index in [4.69, 9.17) is 4.74 Å². The lowest BCUT2D eigenvalue weighted by atomic mass is 10.2. The van der Waals surface area contributed by atoms with Crippen LogP contribution in [-0.2, 0) is 16.1 Å². The van der Waals surface area contributed by atoms with Crippen LogP contribution >= 0.6 is 0 Å². The number of rotatable bonds is 5. The normalized spacial score (nSPS) is 11.6. The molecule has 0 aliphatic heterocycles. The number of benzene rings is 1. The molecule has 0 aliphatic carbocycles. The fourth-order valence-electron chi connectivity index (χ4n) is 1.71. The second-order valence-electron chi connectivity index (χ2n) is 4.51. The molecule has 6 nitrogen and oxygen atoms in total. The van der Waals surface area contributed by atoms with Crippen molar-refractivity contribution in [3.05, 3.63) is 29.6 Å². The zero-order valence-corrected chi connectivity index (χ0v) is 11.7. The molecule has 2 amide bonds. The highest BCUT2D eigenvalue weighted by atomic mass is 19.1. The maximum absolute atomic E-state index is 13.5. The summed E-state index contributed by atoms with van der Waals surface area (Å²) in [4.78, 5) is 23.0. The molecule has 0 bridgehead atoms. The molecular weight excluding hydrogens is 265 g/mol. The number of hydrogen-bond acceptors (Lipinski definition) is 3. The number of likely N-dealkylation sites (N-methyl/N-ethyl adjacent to an activating group) is 1. The van der Waals surface area contributed by atoms with E-state index in [1.165, 1.54) is 20.1 Å². The molecule has 0 heterocycles. The van der Waals surface area contributed by atoms with Gasteiger partial charge >= 0.3 is 0 Å². The summed E-state index contributed by atoms with van der Waals surface area (Å²) in [6, 6.07) is 4.68. The van der Waals surface area contributed by atoms with Crippen LogP contribution in [0.4, 0.5) is 4.39 Å². The summed E-state index contributed by atoms with van der Waals surface area (Å²) in [7, 11) is 3.21. The first-order chi connectivity index (χ1) is 9.42. The first kappa shape index (κ1) is 15.9. The number of nitrogens with one attached hydrogen (secondary N) is 3. The van der Waals surface area contributed by atoms with Crippen LogP contribution in [0.1, 0.15) is 12.5 Å². The van der Waals surface area contributed by atoms with Crippen molar-refractivity contribution in [1.82, 2.24) is 10.9 Å². The predicted octanol–water partition coefficient (Wildman–Crippen LogP) is -0.984. The fraction of sp³-hybridized carbons (Fsp3) is 0.385. The van der Waals surface area contributed by atoms with E-state index in [0.717, 1.165) is 10.5 Å². The van der Waals surface area contributed by atoms with Crippen molar-refractivity contribution in [3.8, 4) is 5.75 Å². The summed E-state index contributed by atoms with van der Waals surface area (Å²) < 4.78 is 18.3. The molecule has 3 N–H and O–H groups in total. The van der Waals surface area contributed by atoms with Gasteiger partial charge in [-0.25, -0.2) is 4.39 Å². The Morgan fingerprint density at radius 2 is 2.05 bits per heavy atom. The molecule has 1 atom stereocenters. The molecule has 0 fully saturated rings. The lowest BCUT2D eigenvalue weighted by Gasteiger charge is -2.14. The highest BCUT2D eigenvalue weighted by molar-refractivity contribution is 5.81. The van der Waals surface area contributed by atoms with Gasteiger partial charge in [-0.2, -0.15) is 0 Å². The van der Waals surface area contributed by atoms with Crippen LogP contribution < -0.4 is 20.5 Å². The molecule has 0 spiro atoms. The first-order valence-electron chi connectivity index (χ1n) is 6.11. The van der Waals surface area contributed by atoms with Crippen LogP contribution in [-0.4, -0.2) is 32.5 Å². The van der Waals surface area contributed by atoms with Gasteiger partial charge in [0.2, 0.25) is 5.91 Å². The molecule has 0 saturated heterocycles. The highest BCUT2D eigenvalue weighted by Gasteiger charge is 2.12. The molecule has 1 rings (SSSR count).